The molecule has 6 nitrogen and oxygen atoms in total. The Hall–Kier alpha value is -3.02. The van der Waals surface area contributed by atoms with Crippen LogP contribution >= 0.6 is 0 Å². The van der Waals surface area contributed by atoms with E-state index in [4.69, 9.17) is 9.47 Å². The maximum Gasteiger partial charge on any atom is 0.415 e. The van der Waals surface area contributed by atoms with E-state index < -0.39 is 5.60 Å². The second-order valence-corrected chi connectivity index (χ2v) is 7.00. The first-order chi connectivity index (χ1) is 13.2. The van der Waals surface area contributed by atoms with Gasteiger partial charge in [0, 0.05) is 31.6 Å². The molecule has 2 aromatic carbocycles. The van der Waals surface area contributed by atoms with Gasteiger partial charge in [-0.25, -0.2) is 9.59 Å². The van der Waals surface area contributed by atoms with Crippen LogP contribution in [-0.4, -0.2) is 42.3 Å². The molecule has 2 fully saturated rings. The number of hydrogen-bond donors (Lipinski definition) is 0. The van der Waals surface area contributed by atoms with Crippen LogP contribution in [0.5, 0.6) is 0 Å². The molecule has 0 N–H and O–H groups in total. The van der Waals surface area contributed by atoms with Crippen molar-refractivity contribution in [2.75, 3.05) is 24.5 Å². The van der Waals surface area contributed by atoms with Gasteiger partial charge in [-0.2, -0.15) is 0 Å². The van der Waals surface area contributed by atoms with E-state index in [0.717, 1.165) is 11.3 Å². The molecule has 0 atom stereocenters. The van der Waals surface area contributed by atoms with Crippen LogP contribution in [0.3, 0.4) is 0 Å². The third-order valence-electron chi connectivity index (χ3n) is 5.18. The Balaban J connectivity index is 1.32. The molecule has 0 saturated carbocycles. The number of anilines is 1. The van der Waals surface area contributed by atoms with Crippen LogP contribution in [0.4, 0.5) is 15.3 Å². The second kappa shape index (κ2) is 7.31. The van der Waals surface area contributed by atoms with E-state index >= 15 is 0 Å². The molecule has 0 aliphatic carbocycles. The highest BCUT2D eigenvalue weighted by molar-refractivity contribution is 5.90. The fourth-order valence-corrected chi connectivity index (χ4v) is 3.60. The van der Waals surface area contributed by atoms with Gasteiger partial charge in [0.05, 0.1) is 6.54 Å². The summed E-state index contributed by atoms with van der Waals surface area (Å²) in [5, 5.41) is 0. The predicted octanol–water partition coefficient (Wildman–Crippen LogP) is 3.81. The second-order valence-electron chi connectivity index (χ2n) is 7.00. The lowest BCUT2D eigenvalue weighted by molar-refractivity contribution is -0.00107. The molecular weight excluding hydrogens is 344 g/mol. The van der Waals surface area contributed by atoms with Gasteiger partial charge in [0.25, 0.3) is 0 Å². The maximum atomic E-state index is 12.3. The van der Waals surface area contributed by atoms with E-state index in [2.05, 4.69) is 0 Å². The monoisotopic (exact) mass is 366 g/mol. The summed E-state index contributed by atoms with van der Waals surface area (Å²) < 4.78 is 11.1. The van der Waals surface area contributed by atoms with Crippen LogP contribution in [0.1, 0.15) is 18.4 Å². The standard InChI is InChI=1S/C21H22N2O4/c24-19(26-15-17-7-3-1-4-8-17)22-13-11-21(12-14-22)16-23(20(25)27-21)18-9-5-2-6-10-18/h1-10H,11-16H2. The zero-order chi connectivity index (χ0) is 18.7. The predicted molar refractivity (Wildman–Crippen MR) is 100 cm³/mol. The van der Waals surface area contributed by atoms with E-state index in [9.17, 15) is 9.59 Å². The smallest absolute Gasteiger partial charge is 0.415 e. The van der Waals surface area contributed by atoms with E-state index in [1.807, 2.05) is 60.7 Å². The third kappa shape index (κ3) is 3.74. The molecule has 1 spiro atoms. The minimum absolute atomic E-state index is 0.262. The topological polar surface area (TPSA) is 59.1 Å². The molecule has 2 heterocycles. The summed E-state index contributed by atoms with van der Waals surface area (Å²) in [6.07, 6.45) is 0.588. The minimum atomic E-state index is -0.525. The van der Waals surface area contributed by atoms with Crippen LogP contribution in [0, 0.1) is 0 Å². The molecule has 2 aromatic rings. The quantitative estimate of drug-likeness (QED) is 0.829. The molecule has 0 unspecified atom stereocenters. The van der Waals surface area contributed by atoms with Crippen molar-refractivity contribution in [1.29, 1.82) is 0 Å². The van der Waals surface area contributed by atoms with Crippen molar-refractivity contribution in [1.82, 2.24) is 4.90 Å². The number of benzene rings is 2. The van der Waals surface area contributed by atoms with Gasteiger partial charge in [0.1, 0.15) is 12.2 Å². The summed E-state index contributed by atoms with van der Waals surface area (Å²) in [6.45, 7) is 1.81. The number of carbonyl (C=O) groups is 2. The van der Waals surface area contributed by atoms with Gasteiger partial charge in [-0.3, -0.25) is 4.90 Å². The Labute approximate surface area is 158 Å². The maximum absolute atomic E-state index is 12.3. The van der Waals surface area contributed by atoms with Gasteiger partial charge in [0.15, 0.2) is 0 Å². The van der Waals surface area contributed by atoms with Crippen molar-refractivity contribution in [3.8, 4) is 0 Å². The van der Waals surface area contributed by atoms with Crippen molar-refractivity contribution >= 4 is 17.9 Å². The van der Waals surface area contributed by atoms with Gasteiger partial charge in [0.2, 0.25) is 0 Å². The van der Waals surface area contributed by atoms with Crippen molar-refractivity contribution in [3.05, 3.63) is 66.2 Å². The van der Waals surface area contributed by atoms with Crippen LogP contribution in [0.25, 0.3) is 0 Å². The van der Waals surface area contributed by atoms with Crippen LogP contribution in [0.2, 0.25) is 0 Å². The lowest BCUT2D eigenvalue weighted by Gasteiger charge is -2.36. The molecule has 2 amide bonds. The molecule has 0 bridgehead atoms. The zero-order valence-electron chi connectivity index (χ0n) is 15.0. The van der Waals surface area contributed by atoms with E-state index in [-0.39, 0.29) is 18.8 Å². The van der Waals surface area contributed by atoms with E-state index in [1.165, 1.54) is 0 Å². The van der Waals surface area contributed by atoms with Gasteiger partial charge < -0.3 is 14.4 Å². The van der Waals surface area contributed by atoms with Crippen LogP contribution < -0.4 is 4.90 Å². The molecular formula is C21H22N2O4. The zero-order valence-corrected chi connectivity index (χ0v) is 15.0. The Morgan fingerprint density at radius 3 is 2.30 bits per heavy atom. The minimum Gasteiger partial charge on any atom is -0.445 e. The Kier molecular flexibility index (Phi) is 4.71. The van der Waals surface area contributed by atoms with Crippen molar-refractivity contribution < 1.29 is 19.1 Å². The molecule has 2 aliphatic heterocycles. The van der Waals surface area contributed by atoms with E-state index in [1.54, 1.807) is 9.80 Å². The number of likely N-dealkylation sites (tertiary alicyclic amines) is 1. The van der Waals surface area contributed by atoms with Crippen molar-refractivity contribution in [2.45, 2.75) is 25.0 Å². The van der Waals surface area contributed by atoms with Gasteiger partial charge in [-0.05, 0) is 17.7 Å². The average molecular weight is 366 g/mol. The van der Waals surface area contributed by atoms with Crippen molar-refractivity contribution in [3.63, 3.8) is 0 Å². The summed E-state index contributed by atoms with van der Waals surface area (Å²) >= 11 is 0. The number of rotatable bonds is 3. The highest BCUT2D eigenvalue weighted by Gasteiger charge is 2.48. The van der Waals surface area contributed by atoms with E-state index in [0.29, 0.717) is 32.5 Å². The highest BCUT2D eigenvalue weighted by Crippen LogP contribution is 2.35. The fourth-order valence-electron chi connectivity index (χ4n) is 3.60. The number of piperidine rings is 1. The summed E-state index contributed by atoms with van der Waals surface area (Å²) in [4.78, 5) is 28.0. The first-order valence-corrected chi connectivity index (χ1v) is 9.16. The van der Waals surface area contributed by atoms with Crippen LogP contribution in [0.15, 0.2) is 60.7 Å². The Bertz CT molecular complexity index is 801. The molecule has 2 saturated heterocycles. The van der Waals surface area contributed by atoms with Gasteiger partial charge in [-0.1, -0.05) is 48.5 Å². The largest absolute Gasteiger partial charge is 0.445 e. The highest BCUT2D eigenvalue weighted by atomic mass is 16.6. The number of para-hydroxylation sites is 1. The first kappa shape index (κ1) is 17.4. The molecule has 27 heavy (non-hydrogen) atoms. The number of carbonyl (C=O) groups excluding carboxylic acids is 2. The molecule has 0 aromatic heterocycles. The number of hydrogen-bond acceptors (Lipinski definition) is 4. The lowest BCUT2D eigenvalue weighted by atomic mass is 9.91. The molecule has 140 valence electrons. The fraction of sp³-hybridized carbons (Fsp3) is 0.333. The van der Waals surface area contributed by atoms with Gasteiger partial charge >= 0.3 is 12.2 Å². The summed E-state index contributed by atoms with van der Waals surface area (Å²) in [5.41, 5.74) is 1.27. The normalized spacial score (nSPS) is 18.4. The molecule has 6 heteroatoms. The average Bonchev–Trinajstić information content (AvgIpc) is 3.04. The lowest BCUT2D eigenvalue weighted by Crippen LogP contribution is -2.48. The Morgan fingerprint density at radius 2 is 1.63 bits per heavy atom. The summed E-state index contributed by atoms with van der Waals surface area (Å²) in [7, 11) is 0. The Morgan fingerprint density at radius 1 is 1.00 bits per heavy atom. The SMILES string of the molecule is O=C(OCc1ccccc1)N1CCC2(CC1)CN(c1ccccc1)C(=O)O2. The third-order valence-corrected chi connectivity index (χ3v) is 5.18. The number of ether oxygens (including phenoxy) is 2. The first-order valence-electron chi connectivity index (χ1n) is 9.16. The number of nitrogens with zero attached hydrogens (tertiary/aromatic N) is 2. The molecule has 2 aliphatic rings. The van der Waals surface area contributed by atoms with Gasteiger partial charge in [-0.15, -0.1) is 0 Å². The van der Waals surface area contributed by atoms with Crippen LogP contribution in [-0.2, 0) is 16.1 Å². The summed E-state index contributed by atoms with van der Waals surface area (Å²) in [6, 6.07) is 19.1. The number of amides is 2. The molecule has 4 rings (SSSR count). The summed E-state index contributed by atoms with van der Waals surface area (Å²) in [5.74, 6) is 0. The van der Waals surface area contributed by atoms with Crippen molar-refractivity contribution in [2.24, 2.45) is 0 Å². The molecule has 0 radical (unpaired) electrons.